The molecule has 2 fully saturated rings. The molecule has 6 heteroatoms. The minimum atomic E-state index is -0.116. The Morgan fingerprint density at radius 3 is 2.72 bits per heavy atom. The summed E-state index contributed by atoms with van der Waals surface area (Å²) in [4.78, 5) is 27.5. The maximum atomic E-state index is 12.0. The molecule has 2 aliphatic heterocycles. The third-order valence-corrected chi connectivity index (χ3v) is 3.71. The van der Waals surface area contributed by atoms with Gasteiger partial charge in [-0.1, -0.05) is 0 Å². The molecule has 0 aliphatic carbocycles. The number of rotatable bonds is 3. The van der Waals surface area contributed by atoms with Crippen molar-refractivity contribution >= 4 is 11.8 Å². The molecule has 2 saturated heterocycles. The molecule has 6 nitrogen and oxygen atoms in total. The zero-order chi connectivity index (χ0) is 13.0. The van der Waals surface area contributed by atoms with Crippen molar-refractivity contribution < 1.29 is 9.59 Å². The number of carbonyl (C=O) groups is 2. The number of carbonyl (C=O) groups excluding carboxylic acids is 2. The number of piperazine rings is 2. The van der Waals surface area contributed by atoms with E-state index in [1.165, 1.54) is 0 Å². The molecule has 2 rings (SSSR count). The van der Waals surface area contributed by atoms with Gasteiger partial charge in [-0.25, -0.2) is 0 Å². The van der Waals surface area contributed by atoms with E-state index in [0.717, 1.165) is 32.7 Å². The fraction of sp³-hybridized carbons (Fsp3) is 0.833. The van der Waals surface area contributed by atoms with Gasteiger partial charge in [0, 0.05) is 52.2 Å². The van der Waals surface area contributed by atoms with Gasteiger partial charge in [-0.15, -0.1) is 0 Å². The predicted octanol–water partition coefficient (Wildman–Crippen LogP) is -1.37. The van der Waals surface area contributed by atoms with Crippen LogP contribution in [0.25, 0.3) is 0 Å². The monoisotopic (exact) mass is 254 g/mol. The molecule has 2 heterocycles. The highest BCUT2D eigenvalue weighted by molar-refractivity contribution is 5.82. The average molecular weight is 254 g/mol. The Bertz CT molecular complexity index is 315. The topological polar surface area (TPSA) is 64.7 Å². The molecule has 0 saturated carbocycles. The predicted molar refractivity (Wildman–Crippen MR) is 68.1 cm³/mol. The molecule has 2 amide bonds. The van der Waals surface area contributed by atoms with Gasteiger partial charge >= 0.3 is 0 Å². The molecule has 0 aromatic rings. The quantitative estimate of drug-likeness (QED) is 0.652. The summed E-state index contributed by atoms with van der Waals surface area (Å²) in [5.74, 6) is 0.269. The van der Waals surface area contributed by atoms with Crippen LogP contribution in [0.2, 0.25) is 0 Å². The van der Waals surface area contributed by atoms with Crippen molar-refractivity contribution in [3.63, 3.8) is 0 Å². The Morgan fingerprint density at radius 2 is 2.00 bits per heavy atom. The van der Waals surface area contributed by atoms with Gasteiger partial charge in [-0.2, -0.15) is 0 Å². The number of hydrogen-bond acceptors (Lipinski definition) is 4. The normalized spacial score (nSPS) is 25.9. The van der Waals surface area contributed by atoms with Gasteiger partial charge < -0.3 is 15.5 Å². The maximum absolute atomic E-state index is 12.0. The summed E-state index contributed by atoms with van der Waals surface area (Å²) in [6.45, 7) is 7.46. The summed E-state index contributed by atoms with van der Waals surface area (Å²) >= 11 is 0. The van der Waals surface area contributed by atoms with Crippen LogP contribution in [0.15, 0.2) is 0 Å². The molecule has 1 unspecified atom stereocenters. The Labute approximate surface area is 108 Å². The molecule has 0 spiro atoms. The van der Waals surface area contributed by atoms with Crippen LogP contribution in [0.4, 0.5) is 0 Å². The lowest BCUT2D eigenvalue weighted by molar-refractivity contribution is -0.134. The number of hydrogen-bond donors (Lipinski definition) is 2. The van der Waals surface area contributed by atoms with Crippen molar-refractivity contribution in [1.82, 2.24) is 20.4 Å². The second-order valence-electron chi connectivity index (χ2n) is 4.88. The van der Waals surface area contributed by atoms with Gasteiger partial charge in [0.2, 0.25) is 11.8 Å². The summed E-state index contributed by atoms with van der Waals surface area (Å²) in [7, 11) is 0. The molecule has 0 aromatic carbocycles. The first-order chi connectivity index (χ1) is 8.68. The lowest BCUT2D eigenvalue weighted by Crippen LogP contribution is -2.54. The SMILES string of the molecule is CC1C(=O)NCCN1CCC(=O)N1CCNCC1. The van der Waals surface area contributed by atoms with Crippen LogP contribution in [0.5, 0.6) is 0 Å². The van der Waals surface area contributed by atoms with Gasteiger partial charge in [-0.05, 0) is 6.92 Å². The fourth-order valence-electron chi connectivity index (χ4n) is 2.45. The Balaban J connectivity index is 1.76. The second-order valence-corrected chi connectivity index (χ2v) is 4.88. The highest BCUT2D eigenvalue weighted by Gasteiger charge is 2.26. The fourth-order valence-corrected chi connectivity index (χ4v) is 2.45. The largest absolute Gasteiger partial charge is 0.353 e. The van der Waals surface area contributed by atoms with Crippen LogP contribution in [-0.2, 0) is 9.59 Å². The van der Waals surface area contributed by atoms with Gasteiger partial charge in [0.1, 0.15) is 0 Å². The van der Waals surface area contributed by atoms with Crippen molar-refractivity contribution in [3.05, 3.63) is 0 Å². The third-order valence-electron chi connectivity index (χ3n) is 3.71. The van der Waals surface area contributed by atoms with Crippen LogP contribution in [0.3, 0.4) is 0 Å². The van der Waals surface area contributed by atoms with Crippen molar-refractivity contribution in [3.8, 4) is 0 Å². The first kappa shape index (κ1) is 13.3. The Hall–Kier alpha value is -1.14. The molecule has 1 atom stereocenters. The zero-order valence-corrected chi connectivity index (χ0v) is 10.9. The van der Waals surface area contributed by atoms with Crippen LogP contribution < -0.4 is 10.6 Å². The highest BCUT2D eigenvalue weighted by atomic mass is 16.2. The lowest BCUT2D eigenvalue weighted by atomic mass is 10.2. The molecular weight excluding hydrogens is 232 g/mol. The van der Waals surface area contributed by atoms with Crippen molar-refractivity contribution in [2.24, 2.45) is 0 Å². The van der Waals surface area contributed by atoms with Gasteiger partial charge in [0.05, 0.1) is 6.04 Å². The molecule has 0 aromatic heterocycles. The average Bonchev–Trinajstić information content (AvgIpc) is 2.41. The van der Waals surface area contributed by atoms with E-state index >= 15 is 0 Å². The molecule has 18 heavy (non-hydrogen) atoms. The highest BCUT2D eigenvalue weighted by Crippen LogP contribution is 2.06. The van der Waals surface area contributed by atoms with E-state index < -0.39 is 0 Å². The number of amides is 2. The summed E-state index contributed by atoms with van der Waals surface area (Å²) in [6.07, 6.45) is 0.512. The first-order valence-electron chi connectivity index (χ1n) is 6.69. The van der Waals surface area contributed by atoms with Crippen LogP contribution in [0.1, 0.15) is 13.3 Å². The summed E-state index contributed by atoms with van der Waals surface area (Å²) in [6, 6.07) is -0.116. The third kappa shape index (κ3) is 3.20. The summed E-state index contributed by atoms with van der Waals surface area (Å²) in [5.41, 5.74) is 0. The smallest absolute Gasteiger partial charge is 0.237 e. The van der Waals surface area contributed by atoms with Crippen LogP contribution >= 0.6 is 0 Å². The summed E-state index contributed by atoms with van der Waals surface area (Å²) < 4.78 is 0. The molecule has 2 aliphatic rings. The Kier molecular flexibility index (Phi) is 4.54. The number of nitrogens with zero attached hydrogens (tertiary/aromatic N) is 2. The van der Waals surface area contributed by atoms with E-state index in [0.29, 0.717) is 19.5 Å². The maximum Gasteiger partial charge on any atom is 0.237 e. The lowest BCUT2D eigenvalue weighted by Gasteiger charge is -2.33. The zero-order valence-electron chi connectivity index (χ0n) is 10.9. The second kappa shape index (κ2) is 6.15. The van der Waals surface area contributed by atoms with Crippen LogP contribution in [0, 0.1) is 0 Å². The van der Waals surface area contributed by atoms with Crippen LogP contribution in [-0.4, -0.2) is 73.5 Å². The van der Waals surface area contributed by atoms with Gasteiger partial charge in [-0.3, -0.25) is 14.5 Å². The summed E-state index contributed by atoms with van der Waals surface area (Å²) in [5, 5.41) is 6.06. The van der Waals surface area contributed by atoms with Crippen molar-refractivity contribution in [2.45, 2.75) is 19.4 Å². The molecule has 0 radical (unpaired) electrons. The van der Waals surface area contributed by atoms with Crippen molar-refractivity contribution in [2.75, 3.05) is 45.8 Å². The van der Waals surface area contributed by atoms with E-state index in [-0.39, 0.29) is 17.9 Å². The van der Waals surface area contributed by atoms with Crippen molar-refractivity contribution in [1.29, 1.82) is 0 Å². The molecule has 102 valence electrons. The molecular formula is C12H22N4O2. The van der Waals surface area contributed by atoms with E-state index in [1.807, 2.05) is 11.8 Å². The minimum absolute atomic E-state index is 0.0656. The van der Waals surface area contributed by atoms with E-state index in [1.54, 1.807) is 0 Å². The first-order valence-corrected chi connectivity index (χ1v) is 6.69. The van der Waals surface area contributed by atoms with E-state index in [2.05, 4.69) is 15.5 Å². The van der Waals surface area contributed by atoms with Gasteiger partial charge in [0.15, 0.2) is 0 Å². The molecule has 2 N–H and O–H groups in total. The molecule has 0 bridgehead atoms. The standard InChI is InChI=1S/C12H22N4O2/c1-10-12(18)14-5-9-15(10)6-2-11(17)16-7-3-13-4-8-16/h10,13H,2-9H2,1H3,(H,14,18). The number of nitrogens with one attached hydrogen (secondary N) is 2. The van der Waals surface area contributed by atoms with E-state index in [9.17, 15) is 9.59 Å². The Morgan fingerprint density at radius 1 is 1.28 bits per heavy atom. The van der Waals surface area contributed by atoms with E-state index in [4.69, 9.17) is 0 Å². The minimum Gasteiger partial charge on any atom is -0.353 e. The van der Waals surface area contributed by atoms with Gasteiger partial charge in [0.25, 0.3) is 0 Å².